The Morgan fingerprint density at radius 1 is 1.03 bits per heavy atom. The molecule has 0 unspecified atom stereocenters. The van der Waals surface area contributed by atoms with E-state index in [4.69, 9.17) is 18.9 Å². The van der Waals surface area contributed by atoms with Gasteiger partial charge in [0.2, 0.25) is 12.7 Å². The topological polar surface area (TPSA) is 128 Å². The highest BCUT2D eigenvalue weighted by atomic mass is 16.7. The number of ether oxygens (including phenoxy) is 4. The van der Waals surface area contributed by atoms with Crippen molar-refractivity contribution >= 4 is 17.5 Å². The number of nitrogens with zero attached hydrogens (tertiary/aromatic N) is 1. The number of aromatic nitrogens is 1. The van der Waals surface area contributed by atoms with E-state index in [1.54, 1.807) is 30.5 Å². The van der Waals surface area contributed by atoms with Crippen LogP contribution in [0.3, 0.4) is 0 Å². The Bertz CT molecular complexity index is 1350. The molecule has 0 bridgehead atoms. The van der Waals surface area contributed by atoms with Gasteiger partial charge in [-0.1, -0.05) is 6.07 Å². The minimum atomic E-state index is -0.568. The Morgan fingerprint density at radius 3 is 2.74 bits per heavy atom. The van der Waals surface area contributed by atoms with Crippen molar-refractivity contribution in [1.29, 1.82) is 0 Å². The molecular formula is C28H27N3O7. The number of pyridine rings is 1. The van der Waals surface area contributed by atoms with Gasteiger partial charge in [0, 0.05) is 28.9 Å². The van der Waals surface area contributed by atoms with Crippen molar-refractivity contribution in [3.05, 3.63) is 77.6 Å². The lowest BCUT2D eigenvalue weighted by molar-refractivity contribution is -0.142. The molecule has 3 aliphatic heterocycles. The highest BCUT2D eigenvalue weighted by Gasteiger charge is 2.46. The number of benzene rings is 2. The van der Waals surface area contributed by atoms with Crippen LogP contribution < -0.4 is 24.8 Å². The molecule has 3 aromatic rings. The SMILES string of the molecule is O=C(C[C@@H]1C[C@@H]2c3cc(NC(=O)c4ccc5c(c4)OCO5)ccc3O[C@@H]2[C@H](CO)O1)NCc1ccccn1. The second-order valence-electron chi connectivity index (χ2n) is 9.48. The van der Waals surface area contributed by atoms with E-state index in [0.29, 0.717) is 41.5 Å². The Labute approximate surface area is 218 Å². The molecule has 2 aromatic carbocycles. The molecule has 196 valence electrons. The van der Waals surface area contributed by atoms with Crippen molar-refractivity contribution in [3.63, 3.8) is 0 Å². The zero-order valence-corrected chi connectivity index (χ0v) is 20.5. The van der Waals surface area contributed by atoms with Crippen LogP contribution in [0.15, 0.2) is 60.8 Å². The van der Waals surface area contributed by atoms with Crippen LogP contribution in [-0.4, -0.2) is 53.6 Å². The van der Waals surface area contributed by atoms with Gasteiger partial charge in [0.1, 0.15) is 18.0 Å². The molecule has 1 saturated heterocycles. The Morgan fingerprint density at radius 2 is 1.89 bits per heavy atom. The van der Waals surface area contributed by atoms with Crippen LogP contribution in [0.4, 0.5) is 5.69 Å². The van der Waals surface area contributed by atoms with E-state index in [1.165, 1.54) is 0 Å². The summed E-state index contributed by atoms with van der Waals surface area (Å²) >= 11 is 0. The van der Waals surface area contributed by atoms with Gasteiger partial charge in [-0.05, 0) is 55.0 Å². The summed E-state index contributed by atoms with van der Waals surface area (Å²) in [5.41, 5.74) is 2.76. The number of nitrogens with one attached hydrogen (secondary N) is 2. The van der Waals surface area contributed by atoms with Gasteiger partial charge in [0.05, 0.1) is 31.4 Å². The van der Waals surface area contributed by atoms with E-state index in [0.717, 1.165) is 11.3 Å². The zero-order chi connectivity index (χ0) is 26.1. The molecule has 4 heterocycles. The number of hydrogen-bond acceptors (Lipinski definition) is 8. The van der Waals surface area contributed by atoms with Crippen LogP contribution in [0.25, 0.3) is 0 Å². The molecule has 6 rings (SSSR count). The fourth-order valence-corrected chi connectivity index (χ4v) is 5.18. The number of carbonyl (C=O) groups excluding carboxylic acids is 2. The number of amides is 2. The fourth-order valence-electron chi connectivity index (χ4n) is 5.18. The van der Waals surface area contributed by atoms with Gasteiger partial charge >= 0.3 is 0 Å². The van der Waals surface area contributed by atoms with E-state index in [-0.39, 0.29) is 43.7 Å². The van der Waals surface area contributed by atoms with Crippen molar-refractivity contribution in [2.45, 2.75) is 43.6 Å². The van der Waals surface area contributed by atoms with Crippen LogP contribution in [0, 0.1) is 0 Å². The predicted molar refractivity (Wildman–Crippen MR) is 135 cm³/mol. The predicted octanol–water partition coefficient (Wildman–Crippen LogP) is 2.76. The first kappa shape index (κ1) is 24.2. The Kier molecular flexibility index (Phi) is 6.57. The third kappa shape index (κ3) is 4.88. The lowest BCUT2D eigenvalue weighted by Gasteiger charge is -2.37. The number of carbonyl (C=O) groups is 2. The largest absolute Gasteiger partial charge is 0.487 e. The number of rotatable bonds is 7. The third-order valence-corrected chi connectivity index (χ3v) is 7.00. The molecule has 0 aliphatic carbocycles. The second-order valence-corrected chi connectivity index (χ2v) is 9.48. The molecule has 0 saturated carbocycles. The first-order valence-corrected chi connectivity index (χ1v) is 12.5. The van der Waals surface area contributed by atoms with Gasteiger partial charge in [0.25, 0.3) is 5.91 Å². The molecule has 10 nitrogen and oxygen atoms in total. The maximum Gasteiger partial charge on any atom is 0.255 e. The monoisotopic (exact) mass is 517 g/mol. The standard InChI is InChI=1S/C28H27N3O7/c32-14-25-27-21(11-19(37-25)12-26(33)30-13-18-3-1-2-8-29-18)20-10-17(5-7-22(20)38-27)31-28(34)16-4-6-23-24(9-16)36-15-35-23/h1-10,19,21,25,27,32H,11-15H2,(H,30,33)(H,31,34)/t19-,21+,25-,27-/m0/s1. The lowest BCUT2D eigenvalue weighted by atomic mass is 9.84. The van der Waals surface area contributed by atoms with Gasteiger partial charge in [0.15, 0.2) is 11.5 Å². The maximum absolute atomic E-state index is 12.9. The lowest BCUT2D eigenvalue weighted by Crippen LogP contribution is -2.47. The molecule has 38 heavy (non-hydrogen) atoms. The summed E-state index contributed by atoms with van der Waals surface area (Å²) in [5, 5.41) is 15.8. The van der Waals surface area contributed by atoms with Crippen LogP contribution in [0.5, 0.6) is 17.2 Å². The van der Waals surface area contributed by atoms with E-state index in [1.807, 2.05) is 30.3 Å². The van der Waals surface area contributed by atoms with E-state index in [2.05, 4.69) is 15.6 Å². The van der Waals surface area contributed by atoms with Crippen LogP contribution in [-0.2, 0) is 16.1 Å². The van der Waals surface area contributed by atoms with E-state index >= 15 is 0 Å². The van der Waals surface area contributed by atoms with Gasteiger partial charge in [-0.3, -0.25) is 14.6 Å². The summed E-state index contributed by atoms with van der Waals surface area (Å²) in [6.07, 6.45) is 1.05. The quantitative estimate of drug-likeness (QED) is 0.437. The summed E-state index contributed by atoms with van der Waals surface area (Å²) in [7, 11) is 0. The maximum atomic E-state index is 12.9. The Balaban J connectivity index is 1.13. The molecule has 1 fully saturated rings. The number of hydrogen-bond donors (Lipinski definition) is 3. The van der Waals surface area contributed by atoms with Crippen molar-refractivity contribution in [3.8, 4) is 17.2 Å². The smallest absolute Gasteiger partial charge is 0.255 e. The number of anilines is 1. The van der Waals surface area contributed by atoms with Crippen LogP contribution in [0.1, 0.15) is 40.4 Å². The molecule has 3 aliphatic rings. The molecule has 0 radical (unpaired) electrons. The molecule has 3 N–H and O–H groups in total. The van der Waals surface area contributed by atoms with E-state index in [9.17, 15) is 14.7 Å². The van der Waals surface area contributed by atoms with Gasteiger partial charge < -0.3 is 34.7 Å². The first-order chi connectivity index (χ1) is 18.6. The molecule has 1 aromatic heterocycles. The minimum absolute atomic E-state index is 0.0908. The highest BCUT2D eigenvalue weighted by molar-refractivity contribution is 6.04. The second kappa shape index (κ2) is 10.3. The van der Waals surface area contributed by atoms with Gasteiger partial charge in [-0.25, -0.2) is 0 Å². The average Bonchev–Trinajstić information content (AvgIpc) is 3.56. The number of fused-ring (bicyclic) bond motifs is 4. The highest BCUT2D eigenvalue weighted by Crippen LogP contribution is 2.47. The van der Waals surface area contributed by atoms with E-state index < -0.39 is 12.2 Å². The fraction of sp³-hybridized carbons (Fsp3) is 0.321. The van der Waals surface area contributed by atoms with Crippen molar-refractivity contribution in [2.75, 3.05) is 18.7 Å². The van der Waals surface area contributed by atoms with Gasteiger partial charge in [-0.2, -0.15) is 0 Å². The number of aliphatic hydroxyl groups excluding tert-OH is 1. The molecular weight excluding hydrogens is 490 g/mol. The molecule has 4 atom stereocenters. The minimum Gasteiger partial charge on any atom is -0.487 e. The number of aliphatic hydroxyl groups is 1. The average molecular weight is 518 g/mol. The zero-order valence-electron chi connectivity index (χ0n) is 20.5. The molecule has 0 spiro atoms. The molecule has 2 amide bonds. The van der Waals surface area contributed by atoms with Crippen molar-refractivity contribution in [1.82, 2.24) is 10.3 Å². The van der Waals surface area contributed by atoms with Crippen molar-refractivity contribution < 1.29 is 33.6 Å². The van der Waals surface area contributed by atoms with Crippen LogP contribution >= 0.6 is 0 Å². The summed E-state index contributed by atoms with van der Waals surface area (Å²) in [5.74, 6) is 1.31. The summed E-state index contributed by atoms with van der Waals surface area (Å²) in [6.45, 7) is 0.244. The summed E-state index contributed by atoms with van der Waals surface area (Å²) < 4.78 is 22.9. The third-order valence-electron chi connectivity index (χ3n) is 7.00. The normalized spacial score (nSPS) is 22.7. The summed E-state index contributed by atoms with van der Waals surface area (Å²) in [4.78, 5) is 29.7. The molecule has 10 heteroatoms. The summed E-state index contributed by atoms with van der Waals surface area (Å²) in [6, 6.07) is 16.1. The van der Waals surface area contributed by atoms with Crippen molar-refractivity contribution in [2.24, 2.45) is 0 Å². The Hall–Kier alpha value is -4.15. The first-order valence-electron chi connectivity index (χ1n) is 12.5. The van der Waals surface area contributed by atoms with Gasteiger partial charge in [-0.15, -0.1) is 0 Å². The van der Waals surface area contributed by atoms with Crippen LogP contribution in [0.2, 0.25) is 0 Å².